The number of nitrogens with zero attached hydrogens (tertiary/aromatic N) is 2. The van der Waals surface area contributed by atoms with E-state index < -0.39 is 0 Å². The molecule has 0 bridgehead atoms. The van der Waals surface area contributed by atoms with E-state index in [1.165, 1.54) is 64.7 Å². The molecule has 0 N–H and O–H groups in total. The van der Waals surface area contributed by atoms with Crippen molar-refractivity contribution in [3.8, 4) is 0 Å². The first kappa shape index (κ1) is 11.9. The van der Waals surface area contributed by atoms with Gasteiger partial charge in [0.25, 0.3) is 0 Å². The standard InChI is InChI=1S/C14H26N2O/c1-17-14-7-2-6-13(14)16-10-4-9-15-8-3-5-12(15)11-16/h12-14H,2-11H2,1H3. The van der Waals surface area contributed by atoms with Crippen molar-refractivity contribution in [1.82, 2.24) is 9.80 Å². The Bertz CT molecular complexity index is 259. The smallest absolute Gasteiger partial charge is 0.0726 e. The van der Waals surface area contributed by atoms with Crippen LogP contribution in [-0.4, -0.2) is 61.3 Å². The number of methoxy groups -OCH3 is 1. The molecule has 3 atom stereocenters. The van der Waals surface area contributed by atoms with E-state index >= 15 is 0 Å². The van der Waals surface area contributed by atoms with Crippen LogP contribution < -0.4 is 0 Å². The van der Waals surface area contributed by atoms with Crippen molar-refractivity contribution in [3.05, 3.63) is 0 Å². The molecule has 3 aliphatic rings. The van der Waals surface area contributed by atoms with E-state index in [4.69, 9.17) is 4.74 Å². The summed E-state index contributed by atoms with van der Waals surface area (Å²) in [5.41, 5.74) is 0. The highest BCUT2D eigenvalue weighted by atomic mass is 16.5. The van der Waals surface area contributed by atoms with Gasteiger partial charge in [0.2, 0.25) is 0 Å². The van der Waals surface area contributed by atoms with Crippen LogP contribution in [0, 0.1) is 0 Å². The third kappa shape index (κ3) is 2.38. The summed E-state index contributed by atoms with van der Waals surface area (Å²) in [5.74, 6) is 0. The second-order valence-electron chi connectivity index (χ2n) is 5.95. The topological polar surface area (TPSA) is 15.7 Å². The molecular weight excluding hydrogens is 212 g/mol. The molecule has 0 radical (unpaired) electrons. The molecule has 17 heavy (non-hydrogen) atoms. The predicted molar refractivity (Wildman–Crippen MR) is 69.2 cm³/mol. The van der Waals surface area contributed by atoms with E-state index in [0.717, 1.165) is 6.04 Å². The van der Waals surface area contributed by atoms with E-state index in [2.05, 4.69) is 9.80 Å². The van der Waals surface area contributed by atoms with Gasteiger partial charge in [0, 0.05) is 25.7 Å². The molecule has 3 heteroatoms. The minimum Gasteiger partial charge on any atom is -0.380 e. The van der Waals surface area contributed by atoms with E-state index in [1.807, 2.05) is 7.11 Å². The van der Waals surface area contributed by atoms with E-state index in [9.17, 15) is 0 Å². The molecule has 2 aliphatic heterocycles. The normalized spacial score (nSPS) is 40.4. The molecule has 3 nitrogen and oxygen atoms in total. The Kier molecular flexibility index (Phi) is 3.69. The maximum Gasteiger partial charge on any atom is 0.0726 e. The summed E-state index contributed by atoms with van der Waals surface area (Å²) >= 11 is 0. The molecule has 0 aromatic rings. The van der Waals surface area contributed by atoms with Gasteiger partial charge in [0.1, 0.15) is 0 Å². The Balaban J connectivity index is 1.66. The second-order valence-corrected chi connectivity index (χ2v) is 5.95. The molecule has 1 saturated carbocycles. The molecule has 0 aromatic heterocycles. The Hall–Kier alpha value is -0.120. The van der Waals surface area contributed by atoms with Gasteiger partial charge in [-0.25, -0.2) is 0 Å². The third-order valence-electron chi connectivity index (χ3n) is 5.02. The van der Waals surface area contributed by atoms with E-state index in [-0.39, 0.29) is 0 Å². The molecule has 98 valence electrons. The zero-order valence-electron chi connectivity index (χ0n) is 11.1. The highest BCUT2D eigenvalue weighted by molar-refractivity contribution is 4.92. The molecular formula is C14H26N2O. The van der Waals surface area contributed by atoms with Gasteiger partial charge >= 0.3 is 0 Å². The number of hydrogen-bond acceptors (Lipinski definition) is 3. The SMILES string of the molecule is COC1CCCC1N1CCCN2CCCC2C1. The first-order valence-corrected chi connectivity index (χ1v) is 7.39. The summed E-state index contributed by atoms with van der Waals surface area (Å²) in [6.07, 6.45) is 8.66. The second kappa shape index (κ2) is 5.25. The molecule has 2 heterocycles. The van der Waals surface area contributed by atoms with Crippen LogP contribution >= 0.6 is 0 Å². The zero-order chi connectivity index (χ0) is 11.7. The maximum atomic E-state index is 5.67. The summed E-state index contributed by atoms with van der Waals surface area (Å²) in [5, 5.41) is 0. The summed E-state index contributed by atoms with van der Waals surface area (Å²) in [4.78, 5) is 5.47. The Labute approximate surface area is 105 Å². The summed E-state index contributed by atoms with van der Waals surface area (Å²) < 4.78 is 5.67. The zero-order valence-corrected chi connectivity index (χ0v) is 11.1. The number of fused-ring (bicyclic) bond motifs is 1. The monoisotopic (exact) mass is 238 g/mol. The fourth-order valence-electron chi connectivity index (χ4n) is 4.14. The van der Waals surface area contributed by atoms with Crippen LogP contribution in [0.5, 0.6) is 0 Å². The fourth-order valence-corrected chi connectivity index (χ4v) is 4.14. The number of rotatable bonds is 2. The van der Waals surface area contributed by atoms with Crippen molar-refractivity contribution in [2.45, 2.75) is 56.7 Å². The molecule has 2 saturated heterocycles. The third-order valence-corrected chi connectivity index (χ3v) is 5.02. The van der Waals surface area contributed by atoms with E-state index in [0.29, 0.717) is 12.1 Å². The largest absolute Gasteiger partial charge is 0.380 e. The first-order valence-electron chi connectivity index (χ1n) is 7.39. The Morgan fingerprint density at radius 1 is 0.882 bits per heavy atom. The molecule has 0 amide bonds. The average molecular weight is 238 g/mol. The van der Waals surface area contributed by atoms with Crippen LogP contribution in [0.1, 0.15) is 38.5 Å². The lowest BCUT2D eigenvalue weighted by Gasteiger charge is -2.33. The van der Waals surface area contributed by atoms with Gasteiger partial charge in [-0.1, -0.05) is 0 Å². The van der Waals surface area contributed by atoms with Gasteiger partial charge in [0.15, 0.2) is 0 Å². The van der Waals surface area contributed by atoms with Crippen LogP contribution in [0.2, 0.25) is 0 Å². The summed E-state index contributed by atoms with van der Waals surface area (Å²) in [7, 11) is 1.89. The minimum absolute atomic E-state index is 0.503. The minimum atomic E-state index is 0.503. The first-order chi connectivity index (χ1) is 8.38. The van der Waals surface area contributed by atoms with Gasteiger partial charge in [-0.05, 0) is 58.2 Å². The molecule has 3 unspecified atom stereocenters. The van der Waals surface area contributed by atoms with Crippen molar-refractivity contribution in [2.24, 2.45) is 0 Å². The molecule has 3 rings (SSSR count). The molecule has 0 aromatic carbocycles. The van der Waals surface area contributed by atoms with E-state index in [1.54, 1.807) is 0 Å². The van der Waals surface area contributed by atoms with Crippen molar-refractivity contribution < 1.29 is 4.74 Å². The van der Waals surface area contributed by atoms with Crippen LogP contribution in [-0.2, 0) is 4.74 Å². The van der Waals surface area contributed by atoms with Gasteiger partial charge in [-0.2, -0.15) is 0 Å². The quantitative estimate of drug-likeness (QED) is 0.728. The summed E-state index contributed by atoms with van der Waals surface area (Å²) in [6, 6.07) is 1.55. The molecule has 0 spiro atoms. The molecule has 3 fully saturated rings. The van der Waals surface area contributed by atoms with Crippen LogP contribution in [0.25, 0.3) is 0 Å². The van der Waals surface area contributed by atoms with Gasteiger partial charge in [-0.15, -0.1) is 0 Å². The van der Waals surface area contributed by atoms with Crippen molar-refractivity contribution in [3.63, 3.8) is 0 Å². The van der Waals surface area contributed by atoms with Crippen LogP contribution in [0.3, 0.4) is 0 Å². The maximum absolute atomic E-state index is 5.67. The fraction of sp³-hybridized carbons (Fsp3) is 1.00. The van der Waals surface area contributed by atoms with Crippen molar-refractivity contribution in [2.75, 3.05) is 33.3 Å². The summed E-state index contributed by atoms with van der Waals surface area (Å²) in [6.45, 7) is 5.25. The number of hydrogen-bond donors (Lipinski definition) is 0. The van der Waals surface area contributed by atoms with Crippen LogP contribution in [0.4, 0.5) is 0 Å². The highest BCUT2D eigenvalue weighted by Crippen LogP contribution is 2.30. The highest BCUT2D eigenvalue weighted by Gasteiger charge is 2.36. The lowest BCUT2D eigenvalue weighted by Crippen LogP contribution is -2.45. The Morgan fingerprint density at radius 2 is 1.71 bits per heavy atom. The van der Waals surface area contributed by atoms with Gasteiger partial charge < -0.3 is 4.74 Å². The average Bonchev–Trinajstić information content (AvgIpc) is 2.94. The lowest BCUT2D eigenvalue weighted by molar-refractivity contribution is 0.0303. The van der Waals surface area contributed by atoms with Crippen LogP contribution in [0.15, 0.2) is 0 Å². The lowest BCUT2D eigenvalue weighted by atomic mass is 10.1. The number of ether oxygens (including phenoxy) is 1. The van der Waals surface area contributed by atoms with Crippen molar-refractivity contribution in [1.29, 1.82) is 0 Å². The van der Waals surface area contributed by atoms with Crippen molar-refractivity contribution >= 4 is 0 Å². The van der Waals surface area contributed by atoms with Gasteiger partial charge in [-0.3, -0.25) is 9.80 Å². The molecule has 1 aliphatic carbocycles. The Morgan fingerprint density at radius 3 is 2.59 bits per heavy atom. The predicted octanol–water partition coefficient (Wildman–Crippen LogP) is 1.72. The van der Waals surface area contributed by atoms with Gasteiger partial charge in [0.05, 0.1) is 6.10 Å².